The van der Waals surface area contributed by atoms with Gasteiger partial charge in [-0.3, -0.25) is 14.4 Å². The Balaban J connectivity index is 0.00000111. The Bertz CT molecular complexity index is 1100. The van der Waals surface area contributed by atoms with Gasteiger partial charge in [0, 0.05) is 12.8 Å². The fourth-order valence-electron chi connectivity index (χ4n) is 10.9. The molecule has 256 valence electrons. The minimum Gasteiger partial charge on any atom is -0.457 e. The van der Waals surface area contributed by atoms with Gasteiger partial charge in [-0.25, -0.2) is 0 Å². The second-order valence-corrected chi connectivity index (χ2v) is 14.8. The first kappa shape index (κ1) is 36.8. The maximum Gasteiger partial charge on any atom is 0.303 e. The first-order valence-electron chi connectivity index (χ1n) is 16.8. The number of thiol groups is 2. The minimum absolute atomic E-state index is 0.0233. The van der Waals surface area contributed by atoms with Crippen LogP contribution in [0.4, 0.5) is 0 Å². The Kier molecular flexibility index (Phi) is 11.7. The smallest absolute Gasteiger partial charge is 0.303 e. The van der Waals surface area contributed by atoms with Gasteiger partial charge in [0.15, 0.2) is 18.2 Å². The van der Waals surface area contributed by atoms with Gasteiger partial charge in [-0.15, -0.1) is 23.3 Å². The van der Waals surface area contributed by atoms with Gasteiger partial charge < -0.3 is 28.8 Å². The fourth-order valence-corrected chi connectivity index (χ4v) is 10.9. The van der Waals surface area contributed by atoms with Gasteiger partial charge in [-0.1, -0.05) is 20.8 Å². The number of carbonyl (C=O) groups excluding carboxylic acids is 4. The molecule has 1 aliphatic heterocycles. The van der Waals surface area contributed by atoms with Gasteiger partial charge >= 0.3 is 5.97 Å². The van der Waals surface area contributed by atoms with E-state index in [9.17, 15) is 24.3 Å². The third-order valence-electron chi connectivity index (χ3n) is 12.5. The molecule has 6 rings (SSSR count). The van der Waals surface area contributed by atoms with Crippen LogP contribution in [0.2, 0.25) is 0 Å². The summed E-state index contributed by atoms with van der Waals surface area (Å²) in [6.07, 6.45) is 8.04. The average Bonchev–Trinajstić information content (AvgIpc) is 3.64. The van der Waals surface area contributed by atoms with Crippen molar-refractivity contribution in [2.75, 3.05) is 6.61 Å². The van der Waals surface area contributed by atoms with Crippen molar-refractivity contribution in [1.29, 1.82) is 0 Å². The average molecular weight is 671 g/mol. The second kappa shape index (κ2) is 14.2. The molecular formula is C34H54O9S2. The zero-order valence-electron chi connectivity index (χ0n) is 27.7. The highest BCUT2D eigenvalue weighted by molar-refractivity contribution is 8.59. The van der Waals surface area contributed by atoms with E-state index in [-0.39, 0.29) is 46.6 Å². The lowest BCUT2D eigenvalue weighted by Crippen LogP contribution is -2.53. The van der Waals surface area contributed by atoms with Gasteiger partial charge in [0.05, 0.1) is 17.8 Å². The maximum absolute atomic E-state index is 14.3. The van der Waals surface area contributed by atoms with Crippen LogP contribution < -0.4 is 0 Å². The normalized spacial score (nSPS) is 42.2. The third-order valence-corrected chi connectivity index (χ3v) is 12.5. The summed E-state index contributed by atoms with van der Waals surface area (Å²) in [5.41, 5.74) is -0.938. The van der Waals surface area contributed by atoms with E-state index in [1.165, 1.54) is 13.3 Å². The van der Waals surface area contributed by atoms with Gasteiger partial charge in [0.25, 0.3) is 0 Å². The Morgan fingerprint density at radius 3 is 2.38 bits per heavy atom. The summed E-state index contributed by atoms with van der Waals surface area (Å²) in [6, 6.07) is 0. The van der Waals surface area contributed by atoms with E-state index in [2.05, 4.69) is 30.2 Å². The number of esters is 1. The number of ether oxygens (including phenoxy) is 4. The molecule has 0 bridgehead atoms. The Morgan fingerprint density at radius 1 is 1.07 bits per heavy atom. The molecule has 5 saturated carbocycles. The van der Waals surface area contributed by atoms with Crippen LogP contribution in [0.25, 0.3) is 0 Å². The summed E-state index contributed by atoms with van der Waals surface area (Å²) in [7, 11) is 0. The van der Waals surface area contributed by atoms with Crippen molar-refractivity contribution in [2.45, 2.75) is 142 Å². The Morgan fingerprint density at radius 2 is 1.76 bits per heavy atom. The molecule has 6 aliphatic rings. The summed E-state index contributed by atoms with van der Waals surface area (Å²) < 4.78 is 23.2. The molecule has 6 fully saturated rings. The van der Waals surface area contributed by atoms with Crippen molar-refractivity contribution in [3.8, 4) is 0 Å². The summed E-state index contributed by atoms with van der Waals surface area (Å²) in [4.78, 5) is 48.2. The highest BCUT2D eigenvalue weighted by atomic mass is 33.1. The van der Waals surface area contributed by atoms with Gasteiger partial charge in [-0.2, -0.15) is 0 Å². The van der Waals surface area contributed by atoms with Crippen LogP contribution in [-0.4, -0.2) is 72.3 Å². The molecule has 0 aromatic rings. The summed E-state index contributed by atoms with van der Waals surface area (Å²) in [5, 5.41) is 10.8. The molecule has 12 atom stereocenters. The number of rotatable bonds is 9. The Labute approximate surface area is 278 Å². The SMILES string of the molecule is CC.CC(=O)OC(C1CCC2C(O1)C(=O)C1C3CCC4CC(OC(C=O)OCC=O)CCC45CC35CCC21C)C(C)(C)O.SS. The highest BCUT2D eigenvalue weighted by Crippen LogP contribution is 2.85. The van der Waals surface area contributed by atoms with Crippen LogP contribution >= 0.6 is 23.3 Å². The monoisotopic (exact) mass is 670 g/mol. The molecule has 9 nitrogen and oxygen atoms in total. The summed E-state index contributed by atoms with van der Waals surface area (Å²) in [6.45, 7) is 10.8. The molecule has 45 heavy (non-hydrogen) atoms. The molecule has 0 amide bonds. The summed E-state index contributed by atoms with van der Waals surface area (Å²) >= 11 is 6.44. The molecule has 1 N–H and O–H groups in total. The van der Waals surface area contributed by atoms with Crippen molar-refractivity contribution in [3.63, 3.8) is 0 Å². The van der Waals surface area contributed by atoms with Crippen LogP contribution in [0.15, 0.2) is 0 Å². The van der Waals surface area contributed by atoms with E-state index in [1.807, 2.05) is 13.8 Å². The topological polar surface area (TPSA) is 125 Å². The molecule has 5 aliphatic carbocycles. The molecule has 11 heteroatoms. The van der Waals surface area contributed by atoms with Crippen molar-refractivity contribution in [3.05, 3.63) is 0 Å². The van der Waals surface area contributed by atoms with E-state index >= 15 is 0 Å². The van der Waals surface area contributed by atoms with Crippen LogP contribution in [0.1, 0.15) is 106 Å². The number of hydrogen-bond donors (Lipinski definition) is 3. The largest absolute Gasteiger partial charge is 0.457 e. The molecular weight excluding hydrogens is 616 g/mol. The lowest BCUT2D eigenvalue weighted by Gasteiger charge is -2.55. The summed E-state index contributed by atoms with van der Waals surface area (Å²) in [5.74, 6) is 0.751. The number of ketones is 1. The molecule has 0 aromatic carbocycles. The third kappa shape index (κ3) is 6.32. The van der Waals surface area contributed by atoms with Crippen molar-refractivity contribution >= 4 is 47.6 Å². The number of carbonyl (C=O) groups is 4. The Hall–Kier alpha value is -0.980. The predicted octanol–water partition coefficient (Wildman–Crippen LogP) is 5.35. The number of Topliss-reactive ketones (excluding diaryl/α,β-unsaturated/α-hetero) is 1. The maximum atomic E-state index is 14.3. The molecule has 1 heterocycles. The molecule has 2 spiro atoms. The molecule has 12 unspecified atom stereocenters. The number of hydrogen-bond acceptors (Lipinski definition) is 11. The highest BCUT2D eigenvalue weighted by Gasteiger charge is 2.80. The lowest BCUT2D eigenvalue weighted by atomic mass is 9.49. The van der Waals surface area contributed by atoms with E-state index in [0.29, 0.717) is 30.8 Å². The van der Waals surface area contributed by atoms with E-state index in [0.717, 1.165) is 51.4 Å². The van der Waals surface area contributed by atoms with Crippen molar-refractivity contribution in [1.82, 2.24) is 0 Å². The van der Waals surface area contributed by atoms with Crippen LogP contribution in [0, 0.1) is 39.9 Å². The zero-order valence-corrected chi connectivity index (χ0v) is 29.5. The standard InChI is InChI=1S/C32H46O9.C2H6.H2S2/c1-18(35)39-28(29(2,3)37)23-8-7-22-27(41-23)26(36)25-21-6-5-19-15-20(40-24(16-34)38-14-13-33)9-10-31(19)17-32(21,31)12-11-30(22,25)4;2*1-2/h13,16,19-25,27-28,37H,5-12,14-15,17H2,1-4H3;1-2H3;1-2H. The van der Waals surface area contributed by atoms with Crippen molar-refractivity contribution < 1.29 is 43.2 Å². The number of aldehydes is 2. The van der Waals surface area contributed by atoms with Gasteiger partial charge in [-0.05, 0) is 112 Å². The quantitative estimate of drug-likeness (QED) is 0.0979. The van der Waals surface area contributed by atoms with Gasteiger partial charge in [0.1, 0.15) is 19.0 Å². The van der Waals surface area contributed by atoms with Crippen LogP contribution in [-0.2, 0) is 38.1 Å². The first-order chi connectivity index (χ1) is 21.4. The van der Waals surface area contributed by atoms with Crippen LogP contribution in [0.5, 0.6) is 0 Å². The molecule has 0 radical (unpaired) electrons. The van der Waals surface area contributed by atoms with E-state index in [1.54, 1.807) is 13.8 Å². The minimum atomic E-state index is -1.28. The lowest BCUT2D eigenvalue weighted by molar-refractivity contribution is -0.200. The predicted molar refractivity (Wildman–Crippen MR) is 175 cm³/mol. The second-order valence-electron chi connectivity index (χ2n) is 14.8. The first-order valence-corrected chi connectivity index (χ1v) is 18.4. The molecule has 0 aromatic heterocycles. The van der Waals surface area contributed by atoms with E-state index < -0.39 is 36.2 Å². The van der Waals surface area contributed by atoms with Crippen LogP contribution in [0.3, 0.4) is 0 Å². The zero-order chi connectivity index (χ0) is 33.4. The fraction of sp³-hybridized carbons (Fsp3) is 0.882. The van der Waals surface area contributed by atoms with Crippen molar-refractivity contribution in [2.24, 2.45) is 39.9 Å². The van der Waals surface area contributed by atoms with E-state index in [4.69, 9.17) is 18.9 Å². The van der Waals surface area contributed by atoms with Gasteiger partial charge in [0.2, 0.25) is 6.29 Å². The number of fused-ring (bicyclic) bond motifs is 4. The number of aliphatic hydroxyl groups is 1. The molecule has 1 saturated heterocycles.